The van der Waals surface area contributed by atoms with Crippen molar-refractivity contribution in [1.29, 1.82) is 0 Å². The Balaban J connectivity index is 2.10. The van der Waals surface area contributed by atoms with Crippen molar-refractivity contribution in [3.05, 3.63) is 11.9 Å². The van der Waals surface area contributed by atoms with Crippen LogP contribution in [0.4, 0.5) is 11.6 Å². The second kappa shape index (κ2) is 6.88. The fourth-order valence-corrected chi connectivity index (χ4v) is 2.72. The highest BCUT2D eigenvalue weighted by atomic mass is 15.2. The van der Waals surface area contributed by atoms with Gasteiger partial charge in [0, 0.05) is 38.7 Å². The Hall–Kier alpha value is -1.36. The molecule has 1 aromatic rings. The van der Waals surface area contributed by atoms with Crippen LogP contribution < -0.4 is 10.2 Å². The minimum absolute atomic E-state index is 0.701. The van der Waals surface area contributed by atoms with Crippen LogP contribution in [0.15, 0.2) is 6.07 Å². The Morgan fingerprint density at radius 3 is 2.55 bits per heavy atom. The first-order valence-electron chi connectivity index (χ1n) is 7.61. The average molecular weight is 277 g/mol. The zero-order valence-corrected chi connectivity index (χ0v) is 13.2. The number of piperidine rings is 1. The largest absolute Gasteiger partial charge is 0.373 e. The molecule has 2 heterocycles. The maximum atomic E-state index is 4.73. The summed E-state index contributed by atoms with van der Waals surface area (Å²) in [5.41, 5.74) is 0. The Labute approximate surface area is 122 Å². The van der Waals surface area contributed by atoms with E-state index in [0.29, 0.717) is 6.04 Å². The molecule has 0 aromatic carbocycles. The van der Waals surface area contributed by atoms with Gasteiger partial charge in [-0.05, 0) is 33.4 Å². The maximum Gasteiger partial charge on any atom is 0.134 e. The van der Waals surface area contributed by atoms with Gasteiger partial charge in [0.15, 0.2) is 0 Å². The lowest BCUT2D eigenvalue weighted by molar-refractivity contribution is 0.249. The summed E-state index contributed by atoms with van der Waals surface area (Å²) in [5, 5.41) is 3.15. The van der Waals surface area contributed by atoms with E-state index in [4.69, 9.17) is 4.98 Å². The number of nitrogens with zero attached hydrogens (tertiary/aromatic N) is 4. The predicted octanol–water partition coefficient (Wildman–Crippen LogP) is 2.00. The standard InChI is InChI=1S/C15H27N5/c1-5-6-13-17-14(16-2)11-15(18-13)20-9-7-12(8-10-20)19(3)4/h11-12H,5-10H2,1-4H3,(H,16,17,18). The number of anilines is 2. The summed E-state index contributed by atoms with van der Waals surface area (Å²) >= 11 is 0. The van der Waals surface area contributed by atoms with Crippen molar-refractivity contribution in [1.82, 2.24) is 14.9 Å². The first-order valence-corrected chi connectivity index (χ1v) is 7.61. The summed E-state index contributed by atoms with van der Waals surface area (Å²) < 4.78 is 0. The van der Waals surface area contributed by atoms with Gasteiger partial charge in [0.2, 0.25) is 0 Å². The highest BCUT2D eigenvalue weighted by Gasteiger charge is 2.22. The van der Waals surface area contributed by atoms with E-state index in [1.165, 1.54) is 12.8 Å². The molecule has 20 heavy (non-hydrogen) atoms. The van der Waals surface area contributed by atoms with Crippen LogP contribution in [0.1, 0.15) is 32.0 Å². The molecule has 112 valence electrons. The van der Waals surface area contributed by atoms with E-state index in [-0.39, 0.29) is 0 Å². The highest BCUT2D eigenvalue weighted by molar-refractivity contribution is 5.49. The number of rotatable bonds is 5. The van der Waals surface area contributed by atoms with E-state index >= 15 is 0 Å². The van der Waals surface area contributed by atoms with Gasteiger partial charge in [-0.2, -0.15) is 0 Å². The van der Waals surface area contributed by atoms with Gasteiger partial charge in [-0.3, -0.25) is 0 Å². The quantitative estimate of drug-likeness (QED) is 0.892. The van der Waals surface area contributed by atoms with Crippen LogP contribution in [0.3, 0.4) is 0 Å². The summed E-state index contributed by atoms with van der Waals surface area (Å²) in [4.78, 5) is 14.0. The van der Waals surface area contributed by atoms with Crippen LogP contribution in [0.2, 0.25) is 0 Å². The number of aromatic nitrogens is 2. The maximum absolute atomic E-state index is 4.73. The highest BCUT2D eigenvalue weighted by Crippen LogP contribution is 2.22. The van der Waals surface area contributed by atoms with E-state index in [2.05, 4.69) is 47.2 Å². The van der Waals surface area contributed by atoms with Crippen molar-refractivity contribution in [3.63, 3.8) is 0 Å². The van der Waals surface area contributed by atoms with Crippen LogP contribution in [0.25, 0.3) is 0 Å². The lowest BCUT2D eigenvalue weighted by atomic mass is 10.0. The third kappa shape index (κ3) is 3.60. The van der Waals surface area contributed by atoms with Gasteiger partial charge in [-0.25, -0.2) is 9.97 Å². The minimum Gasteiger partial charge on any atom is -0.373 e. The first-order chi connectivity index (χ1) is 9.63. The van der Waals surface area contributed by atoms with Gasteiger partial charge in [-0.15, -0.1) is 0 Å². The fourth-order valence-electron chi connectivity index (χ4n) is 2.72. The lowest BCUT2D eigenvalue weighted by Crippen LogP contribution is -2.42. The summed E-state index contributed by atoms with van der Waals surface area (Å²) in [5.74, 6) is 2.95. The van der Waals surface area contributed by atoms with Crippen molar-refractivity contribution >= 4 is 11.6 Å². The molecule has 0 bridgehead atoms. The molecule has 2 rings (SSSR count). The number of hydrogen-bond donors (Lipinski definition) is 1. The zero-order chi connectivity index (χ0) is 14.5. The molecule has 0 amide bonds. The number of aryl methyl sites for hydroxylation is 1. The lowest BCUT2D eigenvalue weighted by Gasteiger charge is -2.36. The van der Waals surface area contributed by atoms with E-state index in [1.54, 1.807) is 0 Å². The predicted molar refractivity (Wildman–Crippen MR) is 84.5 cm³/mol. The molecule has 5 nitrogen and oxygen atoms in total. The Morgan fingerprint density at radius 1 is 1.30 bits per heavy atom. The third-order valence-corrected chi connectivity index (χ3v) is 4.01. The van der Waals surface area contributed by atoms with Gasteiger partial charge in [0.1, 0.15) is 17.5 Å². The van der Waals surface area contributed by atoms with Gasteiger partial charge in [0.25, 0.3) is 0 Å². The second-order valence-electron chi connectivity index (χ2n) is 5.71. The topological polar surface area (TPSA) is 44.3 Å². The Bertz CT molecular complexity index is 424. The molecule has 1 aliphatic heterocycles. The van der Waals surface area contributed by atoms with Crippen LogP contribution in [0.5, 0.6) is 0 Å². The minimum atomic E-state index is 0.701. The molecule has 1 saturated heterocycles. The van der Waals surface area contributed by atoms with Crippen molar-refractivity contribution < 1.29 is 0 Å². The van der Waals surface area contributed by atoms with E-state index in [1.807, 2.05) is 7.05 Å². The average Bonchev–Trinajstić information content (AvgIpc) is 2.47. The number of nitrogens with one attached hydrogen (secondary N) is 1. The third-order valence-electron chi connectivity index (χ3n) is 4.01. The molecular weight excluding hydrogens is 250 g/mol. The van der Waals surface area contributed by atoms with Crippen molar-refractivity contribution in [2.24, 2.45) is 0 Å². The van der Waals surface area contributed by atoms with E-state index in [0.717, 1.165) is 43.4 Å². The molecule has 1 aliphatic rings. The van der Waals surface area contributed by atoms with Crippen molar-refractivity contribution in [2.75, 3.05) is 44.4 Å². The van der Waals surface area contributed by atoms with Gasteiger partial charge < -0.3 is 15.1 Å². The summed E-state index contributed by atoms with van der Waals surface area (Å²) in [6.45, 7) is 4.32. The van der Waals surface area contributed by atoms with E-state index in [9.17, 15) is 0 Å². The van der Waals surface area contributed by atoms with Crippen molar-refractivity contribution in [2.45, 2.75) is 38.6 Å². The van der Waals surface area contributed by atoms with E-state index < -0.39 is 0 Å². The normalized spacial score (nSPS) is 16.8. The SMILES string of the molecule is CCCc1nc(NC)cc(N2CCC(N(C)C)CC2)n1. The fraction of sp³-hybridized carbons (Fsp3) is 0.733. The van der Waals surface area contributed by atoms with Crippen LogP contribution >= 0.6 is 0 Å². The van der Waals surface area contributed by atoms with Crippen molar-refractivity contribution in [3.8, 4) is 0 Å². The summed E-state index contributed by atoms with van der Waals surface area (Å²) in [6.07, 6.45) is 4.43. The van der Waals surface area contributed by atoms with Gasteiger partial charge in [-0.1, -0.05) is 6.92 Å². The molecule has 0 aliphatic carbocycles. The molecule has 0 radical (unpaired) electrons. The molecule has 1 fully saturated rings. The molecule has 1 aromatic heterocycles. The van der Waals surface area contributed by atoms with Gasteiger partial charge in [0.05, 0.1) is 0 Å². The first kappa shape index (κ1) is 15.0. The summed E-state index contributed by atoms with van der Waals surface area (Å²) in [7, 11) is 6.26. The zero-order valence-electron chi connectivity index (χ0n) is 13.2. The Kier molecular flexibility index (Phi) is 5.17. The molecule has 1 N–H and O–H groups in total. The van der Waals surface area contributed by atoms with Gasteiger partial charge >= 0.3 is 0 Å². The van der Waals surface area contributed by atoms with Crippen LogP contribution in [0, 0.1) is 0 Å². The molecule has 5 heteroatoms. The molecular formula is C15H27N5. The second-order valence-corrected chi connectivity index (χ2v) is 5.71. The van der Waals surface area contributed by atoms with Crippen LogP contribution in [-0.2, 0) is 6.42 Å². The molecule has 0 spiro atoms. The van der Waals surface area contributed by atoms with Crippen LogP contribution in [-0.4, -0.2) is 55.1 Å². The molecule has 0 atom stereocenters. The molecule has 0 unspecified atom stereocenters. The number of hydrogen-bond acceptors (Lipinski definition) is 5. The Morgan fingerprint density at radius 2 is 2.00 bits per heavy atom. The monoisotopic (exact) mass is 277 g/mol. The summed E-state index contributed by atoms with van der Waals surface area (Å²) in [6, 6.07) is 2.77. The smallest absolute Gasteiger partial charge is 0.134 e. The molecule has 0 saturated carbocycles.